The van der Waals surface area contributed by atoms with E-state index in [1.54, 1.807) is 0 Å². The van der Waals surface area contributed by atoms with Crippen LogP contribution in [0.4, 0.5) is 0 Å². The van der Waals surface area contributed by atoms with Crippen LogP contribution in [0, 0.1) is 11.8 Å². The standard InChI is InChI=1S/C11H18N2O2/c14-10-8-6-4-2-1-3-5-7-9(8)11(15)13-12-10/h8-9H,1-7H2,(H,12,14)(H,13,15). The lowest BCUT2D eigenvalue weighted by molar-refractivity contribution is -0.143. The van der Waals surface area contributed by atoms with Crippen LogP contribution in [0.15, 0.2) is 0 Å². The van der Waals surface area contributed by atoms with Gasteiger partial charge in [-0.15, -0.1) is 0 Å². The third kappa shape index (κ3) is 2.30. The number of nitrogens with one attached hydrogen (secondary N) is 2. The van der Waals surface area contributed by atoms with Gasteiger partial charge in [0.2, 0.25) is 11.8 Å². The number of carbonyl (C=O) groups excluding carboxylic acids is 2. The van der Waals surface area contributed by atoms with Crippen LogP contribution in [0.25, 0.3) is 0 Å². The zero-order chi connectivity index (χ0) is 10.7. The molecule has 1 saturated heterocycles. The zero-order valence-corrected chi connectivity index (χ0v) is 8.92. The van der Waals surface area contributed by atoms with Gasteiger partial charge in [0.25, 0.3) is 0 Å². The van der Waals surface area contributed by atoms with E-state index in [4.69, 9.17) is 0 Å². The molecule has 2 aliphatic rings. The molecule has 1 aliphatic carbocycles. The summed E-state index contributed by atoms with van der Waals surface area (Å²) in [5.74, 6) is -0.170. The lowest BCUT2D eigenvalue weighted by Gasteiger charge is -2.29. The highest BCUT2D eigenvalue weighted by Gasteiger charge is 2.37. The Morgan fingerprint density at radius 1 is 0.733 bits per heavy atom. The zero-order valence-electron chi connectivity index (χ0n) is 8.92. The molecule has 84 valence electrons. The molecule has 2 rings (SSSR count). The summed E-state index contributed by atoms with van der Waals surface area (Å²) >= 11 is 0. The summed E-state index contributed by atoms with van der Waals surface area (Å²) in [6, 6.07) is 0. The summed E-state index contributed by atoms with van der Waals surface area (Å²) < 4.78 is 0. The van der Waals surface area contributed by atoms with Crippen LogP contribution >= 0.6 is 0 Å². The summed E-state index contributed by atoms with van der Waals surface area (Å²) in [5.41, 5.74) is 4.92. The summed E-state index contributed by atoms with van der Waals surface area (Å²) in [5, 5.41) is 0. The van der Waals surface area contributed by atoms with Gasteiger partial charge in [-0.2, -0.15) is 0 Å². The second-order valence-corrected chi connectivity index (χ2v) is 4.54. The van der Waals surface area contributed by atoms with Crippen LogP contribution in [-0.4, -0.2) is 11.8 Å². The lowest BCUT2D eigenvalue weighted by atomic mass is 9.83. The minimum absolute atomic E-state index is 0.00139. The average molecular weight is 210 g/mol. The van der Waals surface area contributed by atoms with E-state index in [9.17, 15) is 9.59 Å². The van der Waals surface area contributed by atoms with Gasteiger partial charge in [-0.3, -0.25) is 20.4 Å². The van der Waals surface area contributed by atoms with Crippen LogP contribution in [-0.2, 0) is 9.59 Å². The van der Waals surface area contributed by atoms with Crippen molar-refractivity contribution >= 4 is 11.8 Å². The van der Waals surface area contributed by atoms with Gasteiger partial charge in [-0.1, -0.05) is 32.1 Å². The molecule has 0 radical (unpaired) electrons. The van der Waals surface area contributed by atoms with Crippen LogP contribution in [0.1, 0.15) is 44.9 Å². The van der Waals surface area contributed by atoms with Gasteiger partial charge in [-0.05, 0) is 12.8 Å². The fourth-order valence-electron chi connectivity index (χ4n) is 2.60. The SMILES string of the molecule is O=C1NNC(=O)C2CCCCCCCC12. The molecule has 0 aromatic heterocycles. The van der Waals surface area contributed by atoms with E-state index < -0.39 is 0 Å². The summed E-state index contributed by atoms with van der Waals surface area (Å²) in [6.45, 7) is 0. The molecule has 2 amide bonds. The Bertz CT molecular complexity index is 239. The third-order valence-corrected chi connectivity index (χ3v) is 3.50. The number of hydrazine groups is 1. The highest BCUT2D eigenvalue weighted by molar-refractivity contribution is 5.92. The van der Waals surface area contributed by atoms with Crippen molar-refractivity contribution in [2.45, 2.75) is 44.9 Å². The van der Waals surface area contributed by atoms with E-state index in [1.807, 2.05) is 0 Å². The maximum Gasteiger partial charge on any atom is 0.242 e. The molecule has 4 heteroatoms. The minimum Gasteiger partial charge on any atom is -0.273 e. The second-order valence-electron chi connectivity index (χ2n) is 4.54. The molecule has 2 unspecified atom stereocenters. The first-order valence-electron chi connectivity index (χ1n) is 5.89. The molecular formula is C11H18N2O2. The van der Waals surface area contributed by atoms with E-state index in [0.29, 0.717) is 0 Å². The first-order chi connectivity index (χ1) is 7.29. The van der Waals surface area contributed by atoms with E-state index >= 15 is 0 Å². The second kappa shape index (κ2) is 4.64. The molecule has 0 spiro atoms. The molecule has 4 nitrogen and oxygen atoms in total. The van der Waals surface area contributed by atoms with Crippen LogP contribution in [0.3, 0.4) is 0 Å². The largest absolute Gasteiger partial charge is 0.273 e. The van der Waals surface area contributed by atoms with Crippen LogP contribution < -0.4 is 10.9 Å². The van der Waals surface area contributed by atoms with Crippen molar-refractivity contribution in [3.05, 3.63) is 0 Å². The van der Waals surface area contributed by atoms with E-state index in [-0.39, 0.29) is 23.7 Å². The van der Waals surface area contributed by atoms with Crippen molar-refractivity contribution in [3.8, 4) is 0 Å². The molecule has 0 bridgehead atoms. The van der Waals surface area contributed by atoms with Crippen molar-refractivity contribution in [1.82, 2.24) is 10.9 Å². The summed E-state index contributed by atoms with van der Waals surface area (Å²) in [4.78, 5) is 23.3. The van der Waals surface area contributed by atoms with Crippen LogP contribution in [0.5, 0.6) is 0 Å². The Labute approximate surface area is 89.8 Å². The third-order valence-electron chi connectivity index (χ3n) is 3.50. The first-order valence-corrected chi connectivity index (χ1v) is 5.89. The fourth-order valence-corrected chi connectivity index (χ4v) is 2.60. The number of carbonyl (C=O) groups is 2. The Balaban J connectivity index is 2.09. The maximum absolute atomic E-state index is 11.6. The molecule has 2 fully saturated rings. The smallest absolute Gasteiger partial charge is 0.242 e. The maximum atomic E-state index is 11.6. The molecule has 15 heavy (non-hydrogen) atoms. The summed E-state index contributed by atoms with van der Waals surface area (Å²) in [6.07, 6.45) is 7.50. The Morgan fingerprint density at radius 2 is 1.13 bits per heavy atom. The number of fused-ring (bicyclic) bond motifs is 1. The molecule has 1 heterocycles. The van der Waals surface area contributed by atoms with E-state index in [2.05, 4.69) is 10.9 Å². The minimum atomic E-state index is -0.0863. The molecule has 0 aromatic rings. The number of hydrogen-bond acceptors (Lipinski definition) is 2. The van der Waals surface area contributed by atoms with Gasteiger partial charge >= 0.3 is 0 Å². The highest BCUT2D eigenvalue weighted by atomic mass is 16.2. The molecule has 0 aromatic carbocycles. The lowest BCUT2D eigenvalue weighted by Crippen LogP contribution is -2.56. The quantitative estimate of drug-likeness (QED) is 0.629. The summed E-state index contributed by atoms with van der Waals surface area (Å²) in [7, 11) is 0. The molecule has 2 N–H and O–H groups in total. The van der Waals surface area contributed by atoms with Gasteiger partial charge in [0.05, 0.1) is 11.8 Å². The van der Waals surface area contributed by atoms with Gasteiger partial charge in [0.15, 0.2) is 0 Å². The van der Waals surface area contributed by atoms with Gasteiger partial charge in [0.1, 0.15) is 0 Å². The number of rotatable bonds is 0. The highest BCUT2D eigenvalue weighted by Crippen LogP contribution is 2.29. The predicted molar refractivity (Wildman–Crippen MR) is 55.6 cm³/mol. The Hall–Kier alpha value is -1.06. The van der Waals surface area contributed by atoms with Gasteiger partial charge in [0, 0.05) is 0 Å². The van der Waals surface area contributed by atoms with Crippen molar-refractivity contribution < 1.29 is 9.59 Å². The van der Waals surface area contributed by atoms with E-state index in [1.165, 1.54) is 19.3 Å². The topological polar surface area (TPSA) is 58.2 Å². The fraction of sp³-hybridized carbons (Fsp3) is 0.818. The normalized spacial score (nSPS) is 32.8. The monoisotopic (exact) mass is 210 g/mol. The molecular weight excluding hydrogens is 192 g/mol. The molecule has 2 atom stereocenters. The van der Waals surface area contributed by atoms with Crippen molar-refractivity contribution in [1.29, 1.82) is 0 Å². The van der Waals surface area contributed by atoms with Gasteiger partial charge < -0.3 is 0 Å². The first kappa shape index (κ1) is 10.5. The molecule has 1 aliphatic heterocycles. The van der Waals surface area contributed by atoms with Gasteiger partial charge in [-0.25, -0.2) is 0 Å². The Morgan fingerprint density at radius 3 is 1.60 bits per heavy atom. The van der Waals surface area contributed by atoms with Crippen molar-refractivity contribution in [2.75, 3.05) is 0 Å². The molecule has 1 saturated carbocycles. The van der Waals surface area contributed by atoms with Crippen LogP contribution in [0.2, 0.25) is 0 Å². The average Bonchev–Trinajstić information content (AvgIpc) is 2.35. The van der Waals surface area contributed by atoms with Crippen molar-refractivity contribution in [3.63, 3.8) is 0 Å². The predicted octanol–water partition coefficient (Wildman–Crippen LogP) is 1.12. The van der Waals surface area contributed by atoms with Crippen molar-refractivity contribution in [2.24, 2.45) is 11.8 Å². The number of amides is 2. The van der Waals surface area contributed by atoms with E-state index in [0.717, 1.165) is 25.7 Å². The number of hydrogen-bond donors (Lipinski definition) is 2. The Kier molecular flexibility index (Phi) is 3.23.